The van der Waals surface area contributed by atoms with Gasteiger partial charge in [0.1, 0.15) is 0 Å². The van der Waals surface area contributed by atoms with Gasteiger partial charge in [-0.15, -0.1) is 0 Å². The van der Waals surface area contributed by atoms with Gasteiger partial charge in [0.25, 0.3) is 0 Å². The maximum atomic E-state index is 11.3. The third-order valence-corrected chi connectivity index (χ3v) is 2.13. The number of hydrogen-bond donors (Lipinski definition) is 3. The summed E-state index contributed by atoms with van der Waals surface area (Å²) in [6, 6.07) is 0. The van der Waals surface area contributed by atoms with E-state index in [4.69, 9.17) is 10.2 Å². The van der Waals surface area contributed by atoms with Gasteiger partial charge < -0.3 is 15.5 Å². The number of carbonyl (C=O) groups is 2. The predicted molar refractivity (Wildman–Crippen MR) is 48.5 cm³/mol. The van der Waals surface area contributed by atoms with Crippen LogP contribution in [0.1, 0.15) is 12.8 Å². The van der Waals surface area contributed by atoms with Crippen molar-refractivity contribution in [1.82, 2.24) is 5.32 Å². The third kappa shape index (κ3) is 2.85. The Morgan fingerprint density at radius 3 is 2.50 bits per heavy atom. The smallest absolute Gasteiger partial charge is 0.334 e. The number of carboxylic acid groups (broad SMARTS) is 1. The largest absolute Gasteiger partial charge is 0.479 e. The quantitative estimate of drug-likeness (QED) is 0.533. The summed E-state index contributed by atoms with van der Waals surface area (Å²) in [5.41, 5.74) is 0. The monoisotopic (exact) mass is 199 g/mol. The number of nitrogens with one attached hydrogen (secondary N) is 1. The van der Waals surface area contributed by atoms with Crippen LogP contribution in [-0.4, -0.2) is 34.7 Å². The lowest BCUT2D eigenvalue weighted by Gasteiger charge is -2.11. The number of carbonyl (C=O) groups excluding carboxylic acids is 1. The molecule has 1 rings (SSSR count). The standard InChI is InChI=1S/C9H13NO4/c11-7(9(13)14)5-10-8(12)6-3-1-2-4-6/h1-2,6-7,11H,3-5H2,(H,10,12)(H,13,14)/t7-/m0/s1. The summed E-state index contributed by atoms with van der Waals surface area (Å²) in [6.45, 7) is -0.231. The molecule has 0 saturated carbocycles. The molecule has 0 aromatic heterocycles. The molecule has 0 aromatic rings. The van der Waals surface area contributed by atoms with E-state index in [1.807, 2.05) is 12.2 Å². The second kappa shape index (κ2) is 4.76. The van der Waals surface area contributed by atoms with E-state index in [0.717, 1.165) is 0 Å². The SMILES string of the molecule is O=C(NC[C@H](O)C(=O)O)C1CC=CC1. The molecule has 3 N–H and O–H groups in total. The van der Waals surface area contributed by atoms with Crippen LogP contribution >= 0.6 is 0 Å². The minimum absolute atomic E-state index is 0.101. The van der Waals surface area contributed by atoms with Crippen molar-refractivity contribution in [2.45, 2.75) is 18.9 Å². The molecule has 0 aromatic carbocycles. The summed E-state index contributed by atoms with van der Waals surface area (Å²) < 4.78 is 0. The summed E-state index contributed by atoms with van der Waals surface area (Å²) in [4.78, 5) is 21.5. The van der Waals surface area contributed by atoms with Crippen molar-refractivity contribution < 1.29 is 19.8 Å². The fourth-order valence-corrected chi connectivity index (χ4v) is 1.26. The number of aliphatic carboxylic acids is 1. The van der Waals surface area contributed by atoms with Crippen molar-refractivity contribution in [2.24, 2.45) is 5.92 Å². The average Bonchev–Trinajstić information content (AvgIpc) is 2.66. The molecular weight excluding hydrogens is 186 g/mol. The summed E-state index contributed by atoms with van der Waals surface area (Å²) in [7, 11) is 0. The first-order valence-electron chi connectivity index (χ1n) is 4.45. The summed E-state index contributed by atoms with van der Waals surface area (Å²) in [5, 5.41) is 19.6. The molecule has 14 heavy (non-hydrogen) atoms. The normalized spacial score (nSPS) is 18.1. The Kier molecular flexibility index (Phi) is 3.64. The van der Waals surface area contributed by atoms with Gasteiger partial charge in [0, 0.05) is 5.92 Å². The molecule has 1 aliphatic carbocycles. The van der Waals surface area contributed by atoms with Gasteiger partial charge in [-0.2, -0.15) is 0 Å². The second-order valence-corrected chi connectivity index (χ2v) is 3.24. The molecule has 0 aliphatic heterocycles. The first kappa shape index (κ1) is 10.7. The van der Waals surface area contributed by atoms with Crippen molar-refractivity contribution in [2.75, 3.05) is 6.54 Å². The van der Waals surface area contributed by atoms with Crippen LogP contribution in [0, 0.1) is 5.92 Å². The van der Waals surface area contributed by atoms with Crippen LogP contribution in [0.5, 0.6) is 0 Å². The van der Waals surface area contributed by atoms with Gasteiger partial charge in [-0.1, -0.05) is 12.2 Å². The van der Waals surface area contributed by atoms with Crippen molar-refractivity contribution in [3.63, 3.8) is 0 Å². The Hall–Kier alpha value is -1.36. The number of aliphatic hydroxyl groups is 1. The zero-order valence-electron chi connectivity index (χ0n) is 7.64. The number of rotatable bonds is 4. The maximum Gasteiger partial charge on any atom is 0.334 e. The summed E-state index contributed by atoms with van der Waals surface area (Å²) in [6.07, 6.45) is 3.69. The number of aliphatic hydroxyl groups excluding tert-OH is 1. The highest BCUT2D eigenvalue weighted by molar-refractivity contribution is 5.80. The zero-order valence-corrected chi connectivity index (χ0v) is 7.64. The van der Waals surface area contributed by atoms with Crippen LogP contribution in [-0.2, 0) is 9.59 Å². The van der Waals surface area contributed by atoms with E-state index < -0.39 is 12.1 Å². The molecule has 0 heterocycles. The fourth-order valence-electron chi connectivity index (χ4n) is 1.26. The van der Waals surface area contributed by atoms with Crippen LogP contribution in [0.25, 0.3) is 0 Å². The van der Waals surface area contributed by atoms with E-state index in [-0.39, 0.29) is 18.4 Å². The van der Waals surface area contributed by atoms with E-state index in [1.165, 1.54) is 0 Å². The topological polar surface area (TPSA) is 86.6 Å². The minimum atomic E-state index is -1.52. The van der Waals surface area contributed by atoms with E-state index >= 15 is 0 Å². The van der Waals surface area contributed by atoms with Gasteiger partial charge >= 0.3 is 5.97 Å². The minimum Gasteiger partial charge on any atom is -0.479 e. The van der Waals surface area contributed by atoms with Crippen molar-refractivity contribution in [3.05, 3.63) is 12.2 Å². The van der Waals surface area contributed by atoms with Crippen molar-refractivity contribution in [3.8, 4) is 0 Å². The first-order valence-corrected chi connectivity index (χ1v) is 4.45. The molecule has 1 aliphatic rings. The van der Waals surface area contributed by atoms with E-state index in [1.54, 1.807) is 0 Å². The Bertz CT molecular complexity index is 254. The lowest BCUT2D eigenvalue weighted by atomic mass is 10.1. The van der Waals surface area contributed by atoms with E-state index in [0.29, 0.717) is 12.8 Å². The zero-order chi connectivity index (χ0) is 10.6. The first-order chi connectivity index (χ1) is 6.61. The lowest BCUT2D eigenvalue weighted by molar-refractivity contribution is -0.146. The highest BCUT2D eigenvalue weighted by atomic mass is 16.4. The third-order valence-electron chi connectivity index (χ3n) is 2.13. The van der Waals surface area contributed by atoms with E-state index in [2.05, 4.69) is 5.32 Å². The second-order valence-electron chi connectivity index (χ2n) is 3.24. The van der Waals surface area contributed by atoms with Gasteiger partial charge in [-0.05, 0) is 12.8 Å². The number of amides is 1. The molecule has 1 amide bonds. The molecule has 0 saturated heterocycles. The number of hydrogen-bond acceptors (Lipinski definition) is 3. The maximum absolute atomic E-state index is 11.3. The van der Waals surface area contributed by atoms with Gasteiger partial charge in [0.05, 0.1) is 6.54 Å². The predicted octanol–water partition coefficient (Wildman–Crippen LogP) is -0.486. The molecule has 0 spiro atoms. The van der Waals surface area contributed by atoms with Crippen LogP contribution in [0.3, 0.4) is 0 Å². The molecule has 0 bridgehead atoms. The van der Waals surface area contributed by atoms with Gasteiger partial charge in [0.15, 0.2) is 6.10 Å². The Morgan fingerprint density at radius 1 is 1.43 bits per heavy atom. The molecule has 78 valence electrons. The van der Waals surface area contributed by atoms with Crippen LogP contribution in [0.2, 0.25) is 0 Å². The highest BCUT2D eigenvalue weighted by Gasteiger charge is 2.21. The highest BCUT2D eigenvalue weighted by Crippen LogP contribution is 2.17. The van der Waals surface area contributed by atoms with Gasteiger partial charge in [-0.3, -0.25) is 4.79 Å². The van der Waals surface area contributed by atoms with Gasteiger partial charge in [0.2, 0.25) is 5.91 Å². The Balaban J connectivity index is 2.24. The Labute approximate surface area is 81.4 Å². The Morgan fingerprint density at radius 2 is 2.00 bits per heavy atom. The molecule has 1 atom stereocenters. The molecular formula is C9H13NO4. The average molecular weight is 199 g/mol. The number of carboxylic acids is 1. The summed E-state index contributed by atoms with van der Waals surface area (Å²) >= 11 is 0. The van der Waals surface area contributed by atoms with Crippen LogP contribution < -0.4 is 5.32 Å². The van der Waals surface area contributed by atoms with E-state index in [9.17, 15) is 9.59 Å². The van der Waals surface area contributed by atoms with Crippen molar-refractivity contribution >= 4 is 11.9 Å². The molecule has 0 radical (unpaired) electrons. The molecule has 5 heteroatoms. The van der Waals surface area contributed by atoms with Crippen molar-refractivity contribution in [1.29, 1.82) is 0 Å². The van der Waals surface area contributed by atoms with Crippen LogP contribution in [0.4, 0.5) is 0 Å². The van der Waals surface area contributed by atoms with Crippen LogP contribution in [0.15, 0.2) is 12.2 Å². The lowest BCUT2D eigenvalue weighted by Crippen LogP contribution is -2.38. The van der Waals surface area contributed by atoms with Gasteiger partial charge in [-0.25, -0.2) is 4.79 Å². The number of allylic oxidation sites excluding steroid dienone is 2. The fraction of sp³-hybridized carbons (Fsp3) is 0.556. The molecule has 0 unspecified atom stereocenters. The molecule has 5 nitrogen and oxygen atoms in total. The summed E-state index contributed by atoms with van der Waals surface area (Å²) in [5.74, 6) is -1.62. The molecule has 0 fully saturated rings.